The Kier molecular flexibility index (Phi) is 4.70. The molecule has 0 aliphatic heterocycles. The molecule has 0 radical (unpaired) electrons. The van der Waals surface area contributed by atoms with Crippen LogP contribution in [0.5, 0.6) is 5.75 Å². The first-order valence-electron chi connectivity index (χ1n) is 6.13. The number of amides is 1. The van der Waals surface area contributed by atoms with E-state index < -0.39 is 23.5 Å². The van der Waals surface area contributed by atoms with Crippen LogP contribution < -0.4 is 5.32 Å². The van der Waals surface area contributed by atoms with Crippen molar-refractivity contribution in [1.82, 2.24) is 5.32 Å². The van der Waals surface area contributed by atoms with Gasteiger partial charge in [-0.1, -0.05) is 29.3 Å². The van der Waals surface area contributed by atoms with Gasteiger partial charge >= 0.3 is 0 Å². The largest absolute Gasteiger partial charge is 0.507 e. The van der Waals surface area contributed by atoms with Gasteiger partial charge in [0.25, 0.3) is 5.91 Å². The highest BCUT2D eigenvalue weighted by molar-refractivity contribution is 6.35. The number of rotatable bonds is 3. The molecular weight excluding hydrogens is 316 g/mol. The van der Waals surface area contributed by atoms with E-state index in [1.807, 2.05) is 0 Å². The number of nitrogens with one attached hydrogen (secondary N) is 1. The molecule has 3 nitrogen and oxygen atoms in total. The average Bonchev–Trinajstić information content (AvgIpc) is 2.37. The van der Waals surface area contributed by atoms with E-state index in [4.69, 9.17) is 23.2 Å². The number of hydrogen-bond donors (Lipinski definition) is 2. The van der Waals surface area contributed by atoms with Crippen LogP contribution in [0.1, 0.15) is 28.9 Å². The van der Waals surface area contributed by atoms with E-state index in [9.17, 15) is 14.3 Å². The maximum Gasteiger partial charge on any atom is 0.255 e. The van der Waals surface area contributed by atoms with Crippen molar-refractivity contribution in [2.45, 2.75) is 13.0 Å². The van der Waals surface area contributed by atoms with E-state index in [-0.39, 0.29) is 5.56 Å². The molecule has 0 saturated heterocycles. The third kappa shape index (κ3) is 3.65. The summed E-state index contributed by atoms with van der Waals surface area (Å²) in [6.07, 6.45) is 0. The van der Waals surface area contributed by atoms with E-state index in [2.05, 4.69) is 5.32 Å². The number of carbonyl (C=O) groups excluding carboxylic acids is 1. The minimum atomic E-state index is -0.613. The maximum absolute atomic E-state index is 12.9. The molecule has 0 bridgehead atoms. The van der Waals surface area contributed by atoms with Gasteiger partial charge < -0.3 is 10.4 Å². The number of phenols is 1. The van der Waals surface area contributed by atoms with Gasteiger partial charge in [0, 0.05) is 16.1 Å². The second-order valence-corrected chi connectivity index (χ2v) is 5.37. The van der Waals surface area contributed by atoms with E-state index in [0.29, 0.717) is 15.6 Å². The third-order valence-electron chi connectivity index (χ3n) is 2.98. The molecule has 0 spiro atoms. The molecule has 1 unspecified atom stereocenters. The number of phenolic OH excluding ortho intramolecular Hbond substituents is 1. The molecule has 1 amide bonds. The molecule has 2 aromatic rings. The van der Waals surface area contributed by atoms with Crippen molar-refractivity contribution in [3.8, 4) is 5.75 Å². The minimum absolute atomic E-state index is 0.00617. The van der Waals surface area contributed by atoms with Crippen molar-refractivity contribution in [1.29, 1.82) is 0 Å². The summed E-state index contributed by atoms with van der Waals surface area (Å²) in [5, 5.41) is 13.2. The van der Waals surface area contributed by atoms with E-state index in [1.54, 1.807) is 25.1 Å². The SMILES string of the molecule is CC(NC(=O)c1ccc(F)cc1O)c1ccc(Cl)cc1Cl. The van der Waals surface area contributed by atoms with Gasteiger partial charge in [0.1, 0.15) is 11.6 Å². The molecule has 21 heavy (non-hydrogen) atoms. The number of hydrogen-bond acceptors (Lipinski definition) is 2. The van der Waals surface area contributed by atoms with Crippen LogP contribution in [0.15, 0.2) is 36.4 Å². The molecule has 0 aliphatic rings. The van der Waals surface area contributed by atoms with Crippen LogP contribution in [0.25, 0.3) is 0 Å². The second-order valence-electron chi connectivity index (χ2n) is 4.52. The predicted octanol–water partition coefficient (Wildman–Crippen LogP) is 4.33. The first-order chi connectivity index (χ1) is 9.88. The summed E-state index contributed by atoms with van der Waals surface area (Å²) in [6, 6.07) is 7.77. The Morgan fingerprint density at radius 2 is 1.95 bits per heavy atom. The molecule has 0 aliphatic carbocycles. The van der Waals surface area contributed by atoms with Crippen molar-refractivity contribution in [3.05, 3.63) is 63.4 Å². The zero-order valence-electron chi connectivity index (χ0n) is 11.0. The van der Waals surface area contributed by atoms with Crippen LogP contribution in [-0.2, 0) is 0 Å². The Labute approximate surface area is 131 Å². The van der Waals surface area contributed by atoms with Gasteiger partial charge in [0.2, 0.25) is 0 Å². The van der Waals surface area contributed by atoms with Gasteiger partial charge in [-0.3, -0.25) is 4.79 Å². The lowest BCUT2D eigenvalue weighted by molar-refractivity contribution is 0.0937. The van der Waals surface area contributed by atoms with Gasteiger partial charge in [-0.15, -0.1) is 0 Å². The third-order valence-corrected chi connectivity index (χ3v) is 3.54. The number of carbonyl (C=O) groups is 1. The van der Waals surface area contributed by atoms with Crippen molar-refractivity contribution in [2.75, 3.05) is 0 Å². The highest BCUT2D eigenvalue weighted by Crippen LogP contribution is 2.27. The molecule has 1 atom stereocenters. The topological polar surface area (TPSA) is 49.3 Å². The quantitative estimate of drug-likeness (QED) is 0.881. The molecular formula is C15H12Cl2FNO2. The molecule has 2 aromatic carbocycles. The highest BCUT2D eigenvalue weighted by atomic mass is 35.5. The molecule has 2 rings (SSSR count). The fourth-order valence-corrected chi connectivity index (χ4v) is 2.47. The maximum atomic E-state index is 12.9. The van der Waals surface area contributed by atoms with Gasteiger partial charge in [0.15, 0.2) is 0 Å². The second kappa shape index (κ2) is 6.33. The molecule has 0 aromatic heterocycles. The summed E-state index contributed by atoms with van der Waals surface area (Å²) < 4.78 is 12.9. The van der Waals surface area contributed by atoms with Crippen LogP contribution in [0, 0.1) is 5.82 Å². The van der Waals surface area contributed by atoms with Crippen molar-refractivity contribution >= 4 is 29.1 Å². The van der Waals surface area contributed by atoms with Crippen molar-refractivity contribution < 1.29 is 14.3 Å². The van der Waals surface area contributed by atoms with Crippen LogP contribution in [-0.4, -0.2) is 11.0 Å². The summed E-state index contributed by atoms with van der Waals surface area (Å²) >= 11 is 11.9. The normalized spacial score (nSPS) is 12.0. The van der Waals surface area contributed by atoms with E-state index >= 15 is 0 Å². The minimum Gasteiger partial charge on any atom is -0.507 e. The van der Waals surface area contributed by atoms with Gasteiger partial charge in [0.05, 0.1) is 11.6 Å². The Hall–Kier alpha value is -1.78. The monoisotopic (exact) mass is 327 g/mol. The smallest absolute Gasteiger partial charge is 0.255 e. The Morgan fingerprint density at radius 1 is 1.24 bits per heavy atom. The predicted molar refractivity (Wildman–Crippen MR) is 80.4 cm³/mol. The lowest BCUT2D eigenvalue weighted by atomic mass is 10.1. The molecule has 0 heterocycles. The van der Waals surface area contributed by atoms with Crippen LogP contribution in [0.3, 0.4) is 0 Å². The summed E-state index contributed by atoms with van der Waals surface area (Å²) in [7, 11) is 0. The molecule has 0 saturated carbocycles. The zero-order valence-corrected chi connectivity index (χ0v) is 12.5. The lowest BCUT2D eigenvalue weighted by Gasteiger charge is -2.16. The number of benzene rings is 2. The van der Waals surface area contributed by atoms with Crippen LogP contribution >= 0.6 is 23.2 Å². The summed E-state index contributed by atoms with van der Waals surface area (Å²) in [4.78, 5) is 12.1. The number of halogens is 3. The standard InChI is InChI=1S/C15H12Cl2FNO2/c1-8(11-4-2-9(16)6-13(11)17)19-15(21)12-5-3-10(18)7-14(12)20/h2-8,20H,1H3,(H,19,21). The molecule has 110 valence electrons. The van der Waals surface area contributed by atoms with Crippen LogP contribution in [0.4, 0.5) is 4.39 Å². The van der Waals surface area contributed by atoms with Gasteiger partial charge in [-0.2, -0.15) is 0 Å². The highest BCUT2D eigenvalue weighted by Gasteiger charge is 2.17. The van der Waals surface area contributed by atoms with E-state index in [1.165, 1.54) is 6.07 Å². The molecule has 2 N–H and O–H groups in total. The fraction of sp³-hybridized carbons (Fsp3) is 0.133. The Morgan fingerprint density at radius 3 is 2.57 bits per heavy atom. The zero-order chi connectivity index (χ0) is 15.6. The lowest BCUT2D eigenvalue weighted by Crippen LogP contribution is -2.26. The first kappa shape index (κ1) is 15.6. The average molecular weight is 328 g/mol. The van der Waals surface area contributed by atoms with Crippen molar-refractivity contribution in [2.24, 2.45) is 0 Å². The molecule has 6 heteroatoms. The Balaban J connectivity index is 2.18. The summed E-state index contributed by atoms with van der Waals surface area (Å²) in [5.74, 6) is -1.55. The van der Waals surface area contributed by atoms with Gasteiger partial charge in [-0.05, 0) is 36.8 Å². The van der Waals surface area contributed by atoms with Crippen molar-refractivity contribution in [3.63, 3.8) is 0 Å². The fourth-order valence-electron chi connectivity index (χ4n) is 1.90. The Bertz CT molecular complexity index is 691. The van der Waals surface area contributed by atoms with Gasteiger partial charge in [-0.25, -0.2) is 4.39 Å². The summed E-state index contributed by atoms with van der Waals surface area (Å²) in [6.45, 7) is 1.74. The molecule has 0 fully saturated rings. The van der Waals surface area contributed by atoms with Crippen LogP contribution in [0.2, 0.25) is 10.0 Å². The first-order valence-corrected chi connectivity index (χ1v) is 6.88. The van der Waals surface area contributed by atoms with E-state index in [0.717, 1.165) is 12.1 Å². The summed E-state index contributed by atoms with van der Waals surface area (Å²) in [5.41, 5.74) is 0.685. The number of aromatic hydroxyl groups is 1.